The SMILES string of the molecule is COc1ccc(CNC(=O)C2CCC3C(=O)NC4C(c5ccc(Cl)cc5)NNN4C3C2)cc1. The Labute approximate surface area is 197 Å². The minimum Gasteiger partial charge on any atom is -0.497 e. The van der Waals surface area contributed by atoms with Crippen molar-refractivity contribution in [2.45, 2.75) is 44.1 Å². The van der Waals surface area contributed by atoms with Crippen molar-refractivity contribution in [3.8, 4) is 5.75 Å². The first-order valence-corrected chi connectivity index (χ1v) is 11.7. The van der Waals surface area contributed by atoms with Gasteiger partial charge >= 0.3 is 0 Å². The molecule has 2 aliphatic heterocycles. The number of nitrogens with one attached hydrogen (secondary N) is 4. The Morgan fingerprint density at radius 2 is 1.91 bits per heavy atom. The smallest absolute Gasteiger partial charge is 0.226 e. The Kier molecular flexibility index (Phi) is 6.25. The molecule has 0 radical (unpaired) electrons. The van der Waals surface area contributed by atoms with E-state index in [0.29, 0.717) is 30.8 Å². The molecule has 5 atom stereocenters. The van der Waals surface area contributed by atoms with Crippen molar-refractivity contribution in [3.63, 3.8) is 0 Å². The highest BCUT2D eigenvalue weighted by Gasteiger charge is 2.51. The van der Waals surface area contributed by atoms with Crippen LogP contribution in [0.1, 0.15) is 36.4 Å². The number of rotatable bonds is 5. The lowest BCUT2D eigenvalue weighted by molar-refractivity contribution is -0.143. The number of benzene rings is 2. The van der Waals surface area contributed by atoms with Crippen LogP contribution < -0.4 is 26.3 Å². The highest BCUT2D eigenvalue weighted by molar-refractivity contribution is 6.30. The zero-order chi connectivity index (χ0) is 22.9. The molecule has 2 aromatic carbocycles. The second-order valence-electron chi connectivity index (χ2n) is 8.90. The first-order chi connectivity index (χ1) is 16.0. The molecule has 5 rings (SSSR count). The van der Waals surface area contributed by atoms with Crippen molar-refractivity contribution >= 4 is 23.4 Å². The lowest BCUT2D eigenvalue weighted by Crippen LogP contribution is -2.65. The molecule has 4 N–H and O–H groups in total. The molecule has 2 saturated heterocycles. The second-order valence-corrected chi connectivity index (χ2v) is 9.33. The number of hydrogen-bond donors (Lipinski definition) is 4. The number of halogens is 1. The van der Waals surface area contributed by atoms with Crippen molar-refractivity contribution < 1.29 is 14.3 Å². The van der Waals surface area contributed by atoms with Crippen molar-refractivity contribution in [2.24, 2.45) is 11.8 Å². The van der Waals surface area contributed by atoms with Gasteiger partial charge in [0.25, 0.3) is 0 Å². The van der Waals surface area contributed by atoms with E-state index in [1.165, 1.54) is 0 Å². The van der Waals surface area contributed by atoms with Gasteiger partial charge in [-0.2, -0.15) is 5.53 Å². The molecule has 174 valence electrons. The third-order valence-electron chi connectivity index (χ3n) is 6.99. The van der Waals surface area contributed by atoms with E-state index in [2.05, 4.69) is 26.6 Å². The molecule has 2 aromatic rings. The van der Waals surface area contributed by atoms with Gasteiger partial charge in [0, 0.05) is 23.5 Å². The van der Waals surface area contributed by atoms with Crippen LogP contribution in [-0.4, -0.2) is 36.1 Å². The quantitative estimate of drug-likeness (QED) is 0.536. The lowest BCUT2D eigenvalue weighted by Gasteiger charge is -2.46. The molecular weight excluding hydrogens is 442 g/mol. The number of hydrazine groups is 2. The zero-order valence-electron chi connectivity index (χ0n) is 18.4. The molecule has 3 fully saturated rings. The van der Waals surface area contributed by atoms with E-state index >= 15 is 0 Å². The van der Waals surface area contributed by atoms with Crippen LogP contribution in [0.3, 0.4) is 0 Å². The van der Waals surface area contributed by atoms with Crippen LogP contribution in [0.15, 0.2) is 48.5 Å². The molecule has 8 nitrogen and oxygen atoms in total. The highest BCUT2D eigenvalue weighted by atomic mass is 35.5. The van der Waals surface area contributed by atoms with Gasteiger partial charge in [0.05, 0.1) is 19.1 Å². The minimum absolute atomic E-state index is 0.0354. The summed E-state index contributed by atoms with van der Waals surface area (Å²) in [6, 6.07) is 15.1. The van der Waals surface area contributed by atoms with E-state index < -0.39 is 0 Å². The van der Waals surface area contributed by atoms with E-state index in [4.69, 9.17) is 16.3 Å². The molecule has 0 bridgehead atoms. The third kappa shape index (κ3) is 4.44. The maximum absolute atomic E-state index is 13.0. The fraction of sp³-hybridized carbons (Fsp3) is 0.417. The van der Waals surface area contributed by atoms with E-state index in [-0.39, 0.29) is 41.9 Å². The number of hydrogen-bond acceptors (Lipinski definition) is 6. The molecule has 9 heteroatoms. The van der Waals surface area contributed by atoms with Crippen molar-refractivity contribution in [2.75, 3.05) is 7.11 Å². The van der Waals surface area contributed by atoms with E-state index in [9.17, 15) is 9.59 Å². The summed E-state index contributed by atoms with van der Waals surface area (Å²) in [5.41, 5.74) is 8.61. The molecule has 33 heavy (non-hydrogen) atoms. The van der Waals surface area contributed by atoms with Gasteiger partial charge in [-0.3, -0.25) is 9.59 Å². The molecule has 0 aromatic heterocycles. The third-order valence-corrected chi connectivity index (χ3v) is 7.24. The number of carbonyl (C=O) groups is 2. The first-order valence-electron chi connectivity index (χ1n) is 11.3. The average molecular weight is 470 g/mol. The Morgan fingerprint density at radius 3 is 2.64 bits per heavy atom. The summed E-state index contributed by atoms with van der Waals surface area (Å²) in [6.07, 6.45) is 1.79. The van der Waals surface area contributed by atoms with Gasteiger partial charge in [-0.05, 0) is 54.7 Å². The van der Waals surface area contributed by atoms with Crippen LogP contribution in [0.25, 0.3) is 0 Å². The number of methoxy groups -OCH3 is 1. The molecular formula is C24H28ClN5O3. The van der Waals surface area contributed by atoms with Crippen LogP contribution in [0.2, 0.25) is 5.02 Å². The maximum Gasteiger partial charge on any atom is 0.226 e. The Bertz CT molecular complexity index is 1020. The fourth-order valence-corrected chi connectivity index (χ4v) is 5.28. The number of carbonyl (C=O) groups excluding carboxylic acids is 2. The number of nitrogens with zero attached hydrogens (tertiary/aromatic N) is 1. The number of amides is 2. The normalized spacial score (nSPS) is 29.0. The number of fused-ring (bicyclic) bond motifs is 3. The lowest BCUT2D eigenvalue weighted by atomic mass is 9.75. The summed E-state index contributed by atoms with van der Waals surface area (Å²) in [7, 11) is 1.63. The molecule has 1 aliphatic carbocycles. The van der Waals surface area contributed by atoms with Gasteiger partial charge in [-0.1, -0.05) is 35.9 Å². The summed E-state index contributed by atoms with van der Waals surface area (Å²) in [6.45, 7) is 0.471. The predicted octanol–water partition coefficient (Wildman–Crippen LogP) is 2.27. The topological polar surface area (TPSA) is 94.7 Å². The fourth-order valence-electron chi connectivity index (χ4n) is 5.16. The van der Waals surface area contributed by atoms with E-state index in [0.717, 1.165) is 16.9 Å². The van der Waals surface area contributed by atoms with Crippen LogP contribution in [-0.2, 0) is 16.1 Å². The summed E-state index contributed by atoms with van der Waals surface area (Å²) >= 11 is 6.03. The van der Waals surface area contributed by atoms with Crippen LogP contribution in [0.4, 0.5) is 0 Å². The summed E-state index contributed by atoms with van der Waals surface area (Å²) in [5, 5.41) is 8.97. The van der Waals surface area contributed by atoms with Crippen molar-refractivity contribution in [1.29, 1.82) is 0 Å². The van der Waals surface area contributed by atoms with Gasteiger partial charge in [-0.15, -0.1) is 0 Å². The molecule has 0 spiro atoms. The Morgan fingerprint density at radius 1 is 1.15 bits per heavy atom. The summed E-state index contributed by atoms with van der Waals surface area (Å²) in [4.78, 5) is 25.9. The predicted molar refractivity (Wildman–Crippen MR) is 124 cm³/mol. The molecule has 5 unspecified atom stereocenters. The molecule has 2 amide bonds. The summed E-state index contributed by atoms with van der Waals surface area (Å²) < 4.78 is 5.18. The maximum atomic E-state index is 13.0. The molecule has 2 heterocycles. The van der Waals surface area contributed by atoms with Crippen LogP contribution >= 0.6 is 11.6 Å². The van der Waals surface area contributed by atoms with E-state index in [1.807, 2.05) is 48.5 Å². The second kappa shape index (κ2) is 9.30. The molecule has 1 saturated carbocycles. The highest BCUT2D eigenvalue weighted by Crippen LogP contribution is 2.39. The van der Waals surface area contributed by atoms with Gasteiger partial charge in [-0.25, -0.2) is 10.4 Å². The van der Waals surface area contributed by atoms with Crippen molar-refractivity contribution in [3.05, 3.63) is 64.7 Å². The average Bonchev–Trinajstić information content (AvgIpc) is 3.27. The van der Waals surface area contributed by atoms with Gasteiger partial charge in [0.2, 0.25) is 11.8 Å². The zero-order valence-corrected chi connectivity index (χ0v) is 19.1. The molecule has 3 aliphatic rings. The standard InChI is InChI=1S/C24H28ClN5O3/c1-33-18-9-2-14(3-10-18)13-26-23(31)16-6-11-19-20(12-16)30-22(27-24(19)32)21(28-29-30)15-4-7-17(25)8-5-15/h2-5,7-10,16,19-22,28-29H,6,11-13H2,1H3,(H,26,31)(H,27,32). The van der Waals surface area contributed by atoms with Gasteiger partial charge in [0.1, 0.15) is 11.9 Å². The summed E-state index contributed by atoms with van der Waals surface area (Å²) in [5.74, 6) is 0.616. The first kappa shape index (κ1) is 22.2. The monoisotopic (exact) mass is 469 g/mol. The minimum atomic E-state index is -0.235. The van der Waals surface area contributed by atoms with Gasteiger partial charge < -0.3 is 15.4 Å². The Balaban J connectivity index is 1.24. The Hall–Kier alpha value is -2.65. The van der Waals surface area contributed by atoms with Gasteiger partial charge in [0.15, 0.2) is 0 Å². The van der Waals surface area contributed by atoms with Crippen LogP contribution in [0.5, 0.6) is 5.75 Å². The number of ether oxygens (including phenoxy) is 1. The van der Waals surface area contributed by atoms with Crippen molar-refractivity contribution in [1.82, 2.24) is 26.6 Å². The van der Waals surface area contributed by atoms with E-state index in [1.54, 1.807) is 7.11 Å². The largest absolute Gasteiger partial charge is 0.497 e. The van der Waals surface area contributed by atoms with Crippen LogP contribution in [0, 0.1) is 11.8 Å².